The van der Waals surface area contributed by atoms with Crippen molar-refractivity contribution in [2.24, 2.45) is 5.92 Å². The van der Waals surface area contributed by atoms with E-state index in [4.69, 9.17) is 5.11 Å². The lowest BCUT2D eigenvalue weighted by Crippen LogP contribution is -2.31. The molecule has 1 aromatic rings. The first-order valence-electron chi connectivity index (χ1n) is 5.26. The Morgan fingerprint density at radius 2 is 2.12 bits per heavy atom. The molecule has 1 N–H and O–H groups in total. The molecular formula is C11H17N3O2. The van der Waals surface area contributed by atoms with E-state index in [2.05, 4.69) is 29.0 Å². The second-order valence-electron chi connectivity index (χ2n) is 4.80. The van der Waals surface area contributed by atoms with Gasteiger partial charge in [-0.05, 0) is 26.2 Å². The van der Waals surface area contributed by atoms with Crippen molar-refractivity contribution < 1.29 is 9.90 Å². The molecule has 0 aliphatic heterocycles. The third-order valence-electron chi connectivity index (χ3n) is 2.32. The van der Waals surface area contributed by atoms with E-state index in [1.54, 1.807) is 20.0 Å². The van der Waals surface area contributed by atoms with E-state index in [1.807, 2.05) is 0 Å². The fraction of sp³-hybridized carbons (Fsp3) is 0.636. The highest BCUT2D eigenvalue weighted by Gasteiger charge is 2.33. The van der Waals surface area contributed by atoms with Crippen LogP contribution in [-0.4, -0.2) is 26.3 Å². The van der Waals surface area contributed by atoms with Gasteiger partial charge >= 0.3 is 5.97 Å². The third kappa shape index (κ3) is 2.74. The third-order valence-corrected chi connectivity index (χ3v) is 2.32. The van der Waals surface area contributed by atoms with Crippen LogP contribution in [0.25, 0.3) is 0 Å². The normalized spacial score (nSPS) is 11.8. The van der Waals surface area contributed by atoms with Gasteiger partial charge in [0.25, 0.3) is 0 Å². The number of rotatable bonds is 4. The summed E-state index contributed by atoms with van der Waals surface area (Å²) in [5, 5.41) is 16.7. The molecule has 16 heavy (non-hydrogen) atoms. The smallest absolute Gasteiger partial charge is 0.316 e. The van der Waals surface area contributed by atoms with Gasteiger partial charge in [0.2, 0.25) is 0 Å². The van der Waals surface area contributed by atoms with Gasteiger partial charge in [0.15, 0.2) is 5.82 Å². The summed E-state index contributed by atoms with van der Waals surface area (Å²) in [4.78, 5) is 15.3. The van der Waals surface area contributed by atoms with E-state index in [9.17, 15) is 4.79 Å². The summed E-state index contributed by atoms with van der Waals surface area (Å²) < 4.78 is 0. The van der Waals surface area contributed by atoms with Gasteiger partial charge in [-0.2, -0.15) is 5.10 Å². The van der Waals surface area contributed by atoms with Crippen LogP contribution in [0.5, 0.6) is 0 Å². The van der Waals surface area contributed by atoms with Crippen LogP contribution in [0.1, 0.15) is 39.2 Å². The molecule has 5 heteroatoms. The lowest BCUT2D eigenvalue weighted by atomic mass is 9.93. The molecule has 0 saturated carbocycles. The molecule has 0 radical (unpaired) electrons. The summed E-state index contributed by atoms with van der Waals surface area (Å²) in [5.41, 5.74) is -0.311. The molecule has 0 aliphatic rings. The fourth-order valence-electron chi connectivity index (χ4n) is 1.21. The zero-order valence-electron chi connectivity index (χ0n) is 10.1. The molecule has 5 nitrogen and oxygen atoms in total. The number of carbonyl (C=O) groups is 1. The average Bonchev–Trinajstić information content (AvgIpc) is 2.16. The number of nitrogens with zero attached hydrogens (tertiary/aromatic N) is 3. The molecule has 0 spiro atoms. The first kappa shape index (κ1) is 12.5. The maximum atomic E-state index is 11.0. The maximum absolute atomic E-state index is 11.0. The minimum atomic E-state index is -1.10. The van der Waals surface area contributed by atoms with Gasteiger partial charge in [0, 0.05) is 0 Å². The molecule has 1 rings (SSSR count). The van der Waals surface area contributed by atoms with Crippen molar-refractivity contribution in [3.8, 4) is 0 Å². The fourth-order valence-corrected chi connectivity index (χ4v) is 1.21. The molecule has 0 aromatic carbocycles. The molecule has 0 fully saturated rings. The van der Waals surface area contributed by atoms with E-state index < -0.39 is 11.4 Å². The van der Waals surface area contributed by atoms with Gasteiger partial charge in [0.05, 0.1) is 11.9 Å². The number of aliphatic carboxylic acids is 1. The van der Waals surface area contributed by atoms with Gasteiger partial charge in [-0.3, -0.25) is 4.79 Å². The Morgan fingerprint density at radius 3 is 2.62 bits per heavy atom. The van der Waals surface area contributed by atoms with E-state index in [-0.39, 0.29) is 5.82 Å². The molecule has 0 bridgehead atoms. The van der Waals surface area contributed by atoms with Gasteiger partial charge in [-0.1, -0.05) is 13.8 Å². The Hall–Kier alpha value is -1.52. The molecule has 1 heterocycles. The average molecular weight is 223 g/mol. The predicted molar refractivity (Wildman–Crippen MR) is 59.0 cm³/mol. The lowest BCUT2D eigenvalue weighted by molar-refractivity contribution is -0.142. The minimum absolute atomic E-state index is 0.262. The molecule has 0 atom stereocenters. The van der Waals surface area contributed by atoms with E-state index in [0.717, 1.165) is 12.1 Å². The van der Waals surface area contributed by atoms with Crippen molar-refractivity contribution in [1.29, 1.82) is 0 Å². The predicted octanol–water partition coefficient (Wildman–Crippen LogP) is 1.43. The highest BCUT2D eigenvalue weighted by atomic mass is 16.4. The summed E-state index contributed by atoms with van der Waals surface area (Å²) in [6.45, 7) is 7.30. The Balaban J connectivity index is 3.03. The summed E-state index contributed by atoms with van der Waals surface area (Å²) in [6.07, 6.45) is 2.36. The van der Waals surface area contributed by atoms with Crippen LogP contribution in [0.3, 0.4) is 0 Å². The van der Waals surface area contributed by atoms with Gasteiger partial charge in [-0.25, -0.2) is 4.98 Å². The Kier molecular flexibility index (Phi) is 3.57. The Labute approximate surface area is 94.9 Å². The molecule has 88 valence electrons. The quantitative estimate of drug-likeness (QED) is 0.835. The summed E-state index contributed by atoms with van der Waals surface area (Å²) in [7, 11) is 0. The van der Waals surface area contributed by atoms with Crippen LogP contribution >= 0.6 is 0 Å². The van der Waals surface area contributed by atoms with Crippen molar-refractivity contribution in [2.75, 3.05) is 0 Å². The zero-order valence-corrected chi connectivity index (χ0v) is 10.1. The minimum Gasteiger partial charge on any atom is -0.481 e. The van der Waals surface area contributed by atoms with Crippen molar-refractivity contribution in [1.82, 2.24) is 15.2 Å². The molecule has 0 unspecified atom stereocenters. The van der Waals surface area contributed by atoms with Crippen molar-refractivity contribution >= 4 is 5.97 Å². The van der Waals surface area contributed by atoms with Crippen LogP contribution < -0.4 is 0 Å². The van der Waals surface area contributed by atoms with Gasteiger partial charge in [-0.15, -0.1) is 5.10 Å². The topological polar surface area (TPSA) is 76.0 Å². The van der Waals surface area contributed by atoms with Crippen molar-refractivity contribution in [2.45, 2.75) is 39.5 Å². The first-order chi connectivity index (χ1) is 7.34. The number of hydrogen-bond donors (Lipinski definition) is 1. The highest BCUT2D eigenvalue weighted by molar-refractivity contribution is 5.78. The van der Waals surface area contributed by atoms with Crippen molar-refractivity contribution in [3.63, 3.8) is 0 Å². The van der Waals surface area contributed by atoms with E-state index in [0.29, 0.717) is 5.92 Å². The SMILES string of the molecule is CC(C)Cc1cnnc(C(C)(C)C(=O)O)n1. The largest absolute Gasteiger partial charge is 0.481 e. The molecule has 0 saturated heterocycles. The molecular weight excluding hydrogens is 206 g/mol. The molecule has 1 aromatic heterocycles. The second-order valence-corrected chi connectivity index (χ2v) is 4.80. The number of carboxylic acids is 1. The first-order valence-corrected chi connectivity index (χ1v) is 5.26. The lowest BCUT2D eigenvalue weighted by Gasteiger charge is -2.17. The van der Waals surface area contributed by atoms with Crippen LogP contribution in [-0.2, 0) is 16.6 Å². The van der Waals surface area contributed by atoms with Gasteiger partial charge < -0.3 is 5.11 Å². The summed E-state index contributed by atoms with van der Waals surface area (Å²) in [6, 6.07) is 0. The van der Waals surface area contributed by atoms with Crippen LogP contribution in [0.2, 0.25) is 0 Å². The van der Waals surface area contributed by atoms with E-state index >= 15 is 0 Å². The summed E-state index contributed by atoms with van der Waals surface area (Å²) in [5.74, 6) is -0.230. The van der Waals surface area contributed by atoms with E-state index in [1.165, 1.54) is 0 Å². The summed E-state index contributed by atoms with van der Waals surface area (Å²) >= 11 is 0. The monoisotopic (exact) mass is 223 g/mol. The van der Waals surface area contributed by atoms with Crippen LogP contribution in [0, 0.1) is 5.92 Å². The number of carboxylic acid groups (broad SMARTS) is 1. The Bertz CT molecular complexity index is 389. The molecule has 0 amide bonds. The number of hydrogen-bond acceptors (Lipinski definition) is 4. The zero-order chi connectivity index (χ0) is 12.3. The van der Waals surface area contributed by atoms with Crippen LogP contribution in [0.15, 0.2) is 6.20 Å². The van der Waals surface area contributed by atoms with Gasteiger partial charge in [0.1, 0.15) is 5.41 Å². The van der Waals surface area contributed by atoms with Crippen LogP contribution in [0.4, 0.5) is 0 Å². The number of aromatic nitrogens is 3. The maximum Gasteiger partial charge on any atom is 0.316 e. The van der Waals surface area contributed by atoms with Crippen molar-refractivity contribution in [3.05, 3.63) is 17.7 Å². The standard InChI is InChI=1S/C11H17N3O2/c1-7(2)5-8-6-12-14-9(13-8)11(3,4)10(15)16/h6-7H,5H2,1-4H3,(H,15,16). The second kappa shape index (κ2) is 4.55. The Morgan fingerprint density at radius 1 is 1.50 bits per heavy atom. The molecule has 0 aliphatic carbocycles. The highest BCUT2D eigenvalue weighted by Crippen LogP contribution is 2.19.